The molecule has 2 amide bonds. The van der Waals surface area contributed by atoms with Crippen LogP contribution in [0.3, 0.4) is 0 Å². The van der Waals surface area contributed by atoms with Gasteiger partial charge in [-0.05, 0) is 24.6 Å². The molecule has 0 aromatic carbocycles. The summed E-state index contributed by atoms with van der Waals surface area (Å²) >= 11 is 0. The van der Waals surface area contributed by atoms with Gasteiger partial charge in [0, 0.05) is 24.7 Å². The Morgan fingerprint density at radius 3 is 2.59 bits per heavy atom. The number of rotatable bonds is 6. The number of nitrogens with zero attached hydrogens (tertiary/aromatic N) is 2. The summed E-state index contributed by atoms with van der Waals surface area (Å²) in [5.41, 5.74) is 0.684. The van der Waals surface area contributed by atoms with E-state index in [9.17, 15) is 19.8 Å². The van der Waals surface area contributed by atoms with Crippen molar-refractivity contribution in [2.24, 2.45) is 5.41 Å². The van der Waals surface area contributed by atoms with E-state index in [1.165, 1.54) is 11.1 Å². The lowest BCUT2D eigenvalue weighted by molar-refractivity contribution is -0.142. The molecular formula is C21H30N4O4. The molecule has 0 unspecified atom stereocenters. The summed E-state index contributed by atoms with van der Waals surface area (Å²) in [7, 11) is 1.70. The van der Waals surface area contributed by atoms with Crippen LogP contribution in [0, 0.1) is 17.8 Å². The fraction of sp³-hybridized carbons (Fsp3) is 0.571. The number of amides is 2. The van der Waals surface area contributed by atoms with Crippen LogP contribution in [0.15, 0.2) is 18.3 Å². The number of pyridine rings is 1. The van der Waals surface area contributed by atoms with E-state index in [4.69, 9.17) is 6.42 Å². The monoisotopic (exact) mass is 402 g/mol. The molecule has 4 N–H and O–H groups in total. The first-order valence-electron chi connectivity index (χ1n) is 9.62. The van der Waals surface area contributed by atoms with E-state index in [-0.39, 0.29) is 30.9 Å². The van der Waals surface area contributed by atoms with Crippen LogP contribution < -0.4 is 10.6 Å². The Bertz CT molecular complexity index is 766. The van der Waals surface area contributed by atoms with Gasteiger partial charge in [-0.1, -0.05) is 26.7 Å². The van der Waals surface area contributed by atoms with Crippen molar-refractivity contribution >= 4 is 11.8 Å². The Labute approximate surface area is 171 Å². The van der Waals surface area contributed by atoms with Crippen LogP contribution in [-0.2, 0) is 9.59 Å². The molecule has 8 heteroatoms. The Hall–Kier alpha value is -2.47. The summed E-state index contributed by atoms with van der Waals surface area (Å²) in [5.74, 6) is 1.77. The van der Waals surface area contributed by atoms with Crippen LogP contribution in [0.2, 0.25) is 0 Å². The van der Waals surface area contributed by atoms with Gasteiger partial charge >= 0.3 is 0 Å². The van der Waals surface area contributed by atoms with Gasteiger partial charge in [-0.3, -0.25) is 14.6 Å². The first-order valence-corrected chi connectivity index (χ1v) is 9.62. The van der Waals surface area contributed by atoms with Gasteiger partial charge in [0.25, 0.3) is 0 Å². The second-order valence-corrected chi connectivity index (χ2v) is 8.34. The van der Waals surface area contributed by atoms with E-state index < -0.39 is 30.1 Å². The number of aromatic nitrogens is 1. The van der Waals surface area contributed by atoms with Crippen molar-refractivity contribution in [2.45, 2.75) is 51.4 Å². The van der Waals surface area contributed by atoms with E-state index in [1.54, 1.807) is 19.2 Å². The maximum absolute atomic E-state index is 13.1. The standard InChI is InChI=1S/C21H30N4O4/c1-6-13-7-8-15(23-10-13)16(12-26)24-19(28)17-9-14(27)11-25(17)20(29)18(22-5)21(2,3)4/h1,7-8,10,14,16-18,22,26-27H,9,11-12H2,2-5H3,(H,24,28)/t14-,16+,17+,18-/m1/s1. The van der Waals surface area contributed by atoms with E-state index >= 15 is 0 Å². The molecule has 1 aliphatic heterocycles. The van der Waals surface area contributed by atoms with Crippen molar-refractivity contribution in [2.75, 3.05) is 20.2 Å². The molecule has 1 saturated heterocycles. The highest BCUT2D eigenvalue weighted by Crippen LogP contribution is 2.26. The number of hydrogen-bond acceptors (Lipinski definition) is 6. The highest BCUT2D eigenvalue weighted by atomic mass is 16.3. The predicted octanol–water partition coefficient (Wildman–Crippen LogP) is -0.192. The Kier molecular flexibility index (Phi) is 7.36. The number of carbonyl (C=O) groups is 2. The zero-order valence-electron chi connectivity index (χ0n) is 17.3. The van der Waals surface area contributed by atoms with Gasteiger partial charge < -0.3 is 25.7 Å². The molecule has 0 spiro atoms. The molecule has 2 rings (SSSR count). The quantitative estimate of drug-likeness (QED) is 0.491. The predicted molar refractivity (Wildman–Crippen MR) is 109 cm³/mol. The maximum Gasteiger partial charge on any atom is 0.243 e. The Morgan fingerprint density at radius 1 is 1.41 bits per heavy atom. The smallest absolute Gasteiger partial charge is 0.243 e. The van der Waals surface area contributed by atoms with Crippen molar-refractivity contribution in [1.29, 1.82) is 0 Å². The normalized spacial score (nSPS) is 21.3. The number of carbonyl (C=O) groups excluding carboxylic acids is 2. The van der Waals surface area contributed by atoms with Crippen LogP contribution in [0.25, 0.3) is 0 Å². The lowest BCUT2D eigenvalue weighted by Crippen LogP contribution is -2.56. The minimum Gasteiger partial charge on any atom is -0.394 e. The number of aliphatic hydroxyl groups excluding tert-OH is 2. The van der Waals surface area contributed by atoms with Gasteiger partial charge in [-0.2, -0.15) is 0 Å². The summed E-state index contributed by atoms with van der Waals surface area (Å²) in [6.07, 6.45) is 6.16. The molecule has 1 fully saturated rings. The van der Waals surface area contributed by atoms with E-state index in [0.29, 0.717) is 11.3 Å². The van der Waals surface area contributed by atoms with Crippen LogP contribution in [0.4, 0.5) is 0 Å². The second kappa shape index (κ2) is 9.35. The zero-order chi connectivity index (χ0) is 21.8. The number of likely N-dealkylation sites (tertiary alicyclic amines) is 1. The summed E-state index contributed by atoms with van der Waals surface area (Å²) in [6.45, 7) is 5.52. The molecule has 0 saturated carbocycles. The third-order valence-corrected chi connectivity index (χ3v) is 5.08. The van der Waals surface area contributed by atoms with Crippen LogP contribution in [0.5, 0.6) is 0 Å². The third-order valence-electron chi connectivity index (χ3n) is 5.08. The minimum absolute atomic E-state index is 0.0874. The molecule has 0 aliphatic carbocycles. The average molecular weight is 402 g/mol. The van der Waals surface area contributed by atoms with Crippen LogP contribution in [0.1, 0.15) is 44.5 Å². The summed E-state index contributed by atoms with van der Waals surface area (Å²) < 4.78 is 0. The number of hydrogen-bond donors (Lipinski definition) is 4. The first-order chi connectivity index (χ1) is 13.6. The molecule has 4 atom stereocenters. The number of aliphatic hydroxyl groups is 2. The maximum atomic E-state index is 13.1. The lowest BCUT2D eigenvalue weighted by Gasteiger charge is -2.35. The van der Waals surface area contributed by atoms with E-state index in [1.807, 2.05) is 20.8 Å². The fourth-order valence-electron chi connectivity index (χ4n) is 3.58. The highest BCUT2D eigenvalue weighted by molar-refractivity contribution is 5.91. The first kappa shape index (κ1) is 22.8. The number of terminal acetylenes is 1. The summed E-state index contributed by atoms with van der Waals surface area (Å²) in [6, 6.07) is 1.24. The van der Waals surface area contributed by atoms with Gasteiger partial charge in [-0.25, -0.2) is 0 Å². The molecule has 29 heavy (non-hydrogen) atoms. The fourth-order valence-corrected chi connectivity index (χ4v) is 3.58. The van der Waals surface area contributed by atoms with E-state index in [2.05, 4.69) is 21.5 Å². The van der Waals surface area contributed by atoms with Crippen LogP contribution >= 0.6 is 0 Å². The molecule has 2 heterocycles. The highest BCUT2D eigenvalue weighted by Gasteiger charge is 2.43. The van der Waals surface area contributed by atoms with Crippen molar-refractivity contribution in [3.8, 4) is 12.3 Å². The average Bonchev–Trinajstić information content (AvgIpc) is 3.07. The Morgan fingerprint density at radius 2 is 2.10 bits per heavy atom. The van der Waals surface area contributed by atoms with Gasteiger partial charge in [-0.15, -0.1) is 6.42 Å². The topological polar surface area (TPSA) is 115 Å². The lowest BCUT2D eigenvalue weighted by atomic mass is 9.86. The van der Waals surface area contributed by atoms with Gasteiger partial charge in [0.15, 0.2) is 0 Å². The van der Waals surface area contributed by atoms with E-state index in [0.717, 1.165) is 0 Å². The van der Waals surface area contributed by atoms with Crippen molar-refractivity contribution in [3.05, 3.63) is 29.6 Å². The van der Waals surface area contributed by atoms with Gasteiger partial charge in [0.1, 0.15) is 6.04 Å². The molecule has 1 aromatic heterocycles. The summed E-state index contributed by atoms with van der Waals surface area (Å²) in [5, 5.41) is 25.6. The van der Waals surface area contributed by atoms with Crippen molar-refractivity contribution in [3.63, 3.8) is 0 Å². The van der Waals surface area contributed by atoms with Crippen molar-refractivity contribution < 1.29 is 19.8 Å². The molecular weight excluding hydrogens is 372 g/mol. The Balaban J connectivity index is 2.18. The zero-order valence-corrected chi connectivity index (χ0v) is 17.3. The molecule has 0 bridgehead atoms. The van der Waals surface area contributed by atoms with Crippen molar-refractivity contribution in [1.82, 2.24) is 20.5 Å². The SMILES string of the molecule is C#Cc1ccc([C@H](CO)NC(=O)[C@@H]2C[C@@H](O)CN2C(=O)[C@@H](NC)C(C)(C)C)nc1. The molecule has 158 valence electrons. The molecule has 0 radical (unpaired) electrons. The summed E-state index contributed by atoms with van der Waals surface area (Å²) in [4.78, 5) is 31.6. The van der Waals surface area contributed by atoms with Gasteiger partial charge in [0.05, 0.1) is 30.5 Å². The molecule has 1 aliphatic rings. The largest absolute Gasteiger partial charge is 0.394 e. The van der Waals surface area contributed by atoms with Gasteiger partial charge in [0.2, 0.25) is 11.8 Å². The second-order valence-electron chi connectivity index (χ2n) is 8.34. The number of likely N-dealkylation sites (N-methyl/N-ethyl adjacent to an activating group) is 1. The third kappa shape index (κ3) is 5.32. The van der Waals surface area contributed by atoms with Crippen LogP contribution in [-0.4, -0.2) is 70.3 Å². The number of nitrogens with one attached hydrogen (secondary N) is 2. The molecule has 8 nitrogen and oxygen atoms in total. The number of β-amino-alcohol motifs (C(OH)–C–C–N with tert-alkyl or cyclic N) is 1. The molecule has 1 aromatic rings. The minimum atomic E-state index is -0.824.